The highest BCUT2D eigenvalue weighted by molar-refractivity contribution is 5.25. The first kappa shape index (κ1) is 11.5. The zero-order chi connectivity index (χ0) is 11.8. The first-order valence-electron chi connectivity index (χ1n) is 5.45. The average molecular weight is 227 g/mol. The molecule has 1 aliphatic rings. The summed E-state index contributed by atoms with van der Waals surface area (Å²) in [6.07, 6.45) is 2.62. The van der Waals surface area contributed by atoms with Gasteiger partial charge in [0.2, 0.25) is 0 Å². The normalized spacial score (nSPS) is 30.4. The van der Waals surface area contributed by atoms with E-state index in [9.17, 15) is 13.9 Å². The van der Waals surface area contributed by atoms with Crippen LogP contribution in [0.15, 0.2) is 18.2 Å². The minimum atomic E-state index is -1.10. The van der Waals surface area contributed by atoms with Gasteiger partial charge in [0.1, 0.15) is 0 Å². The topological polar surface area (TPSA) is 46.2 Å². The Bertz CT molecular complexity index is 397. The first-order chi connectivity index (χ1) is 7.51. The zero-order valence-corrected chi connectivity index (χ0v) is 8.92. The Labute approximate surface area is 93.1 Å². The summed E-state index contributed by atoms with van der Waals surface area (Å²) in [6, 6.07) is 3.46. The molecule has 1 aliphatic carbocycles. The van der Waals surface area contributed by atoms with Crippen molar-refractivity contribution in [2.45, 2.75) is 37.3 Å². The molecule has 0 bridgehead atoms. The lowest BCUT2D eigenvalue weighted by molar-refractivity contribution is -0.00749. The highest BCUT2D eigenvalue weighted by Gasteiger charge is 2.35. The fourth-order valence-electron chi connectivity index (χ4n) is 2.34. The van der Waals surface area contributed by atoms with Crippen molar-refractivity contribution in [2.24, 2.45) is 5.73 Å². The molecule has 1 fully saturated rings. The number of rotatable bonds is 1. The van der Waals surface area contributed by atoms with Gasteiger partial charge in [0.05, 0.1) is 5.60 Å². The number of halogens is 2. The molecule has 1 aromatic rings. The standard InChI is InChI=1S/C12H15F2NO/c13-10-4-3-8(6-11(10)14)12(16)5-1-2-9(15)7-12/h3-4,6,9,16H,1-2,5,7,15H2. The molecule has 1 aromatic carbocycles. The van der Waals surface area contributed by atoms with Gasteiger partial charge in [-0.1, -0.05) is 6.07 Å². The minimum Gasteiger partial charge on any atom is -0.385 e. The highest BCUT2D eigenvalue weighted by atomic mass is 19.2. The van der Waals surface area contributed by atoms with Gasteiger partial charge in [-0.05, 0) is 43.4 Å². The van der Waals surface area contributed by atoms with E-state index in [0.717, 1.165) is 25.0 Å². The van der Waals surface area contributed by atoms with Gasteiger partial charge < -0.3 is 10.8 Å². The number of hydrogen-bond donors (Lipinski definition) is 2. The maximum Gasteiger partial charge on any atom is 0.159 e. The number of aliphatic hydroxyl groups is 1. The highest BCUT2D eigenvalue weighted by Crippen LogP contribution is 2.36. The molecule has 2 unspecified atom stereocenters. The van der Waals surface area contributed by atoms with Crippen molar-refractivity contribution in [3.05, 3.63) is 35.4 Å². The van der Waals surface area contributed by atoms with E-state index in [2.05, 4.69) is 0 Å². The van der Waals surface area contributed by atoms with Crippen molar-refractivity contribution >= 4 is 0 Å². The van der Waals surface area contributed by atoms with Crippen LogP contribution in [-0.2, 0) is 5.60 Å². The summed E-state index contributed by atoms with van der Waals surface area (Å²) >= 11 is 0. The number of hydrogen-bond acceptors (Lipinski definition) is 2. The lowest BCUT2D eigenvalue weighted by atomic mass is 9.77. The van der Waals surface area contributed by atoms with Gasteiger partial charge in [0, 0.05) is 6.04 Å². The maximum atomic E-state index is 13.1. The lowest BCUT2D eigenvalue weighted by Crippen LogP contribution is -2.39. The SMILES string of the molecule is NC1CCCC(O)(c2ccc(F)c(F)c2)C1. The van der Waals surface area contributed by atoms with Crippen molar-refractivity contribution in [3.63, 3.8) is 0 Å². The van der Waals surface area contributed by atoms with Gasteiger partial charge in [-0.3, -0.25) is 0 Å². The molecule has 0 radical (unpaired) electrons. The molecule has 0 amide bonds. The largest absolute Gasteiger partial charge is 0.385 e. The monoisotopic (exact) mass is 227 g/mol. The predicted octanol–water partition coefficient (Wildman–Crippen LogP) is 2.05. The summed E-state index contributed by atoms with van der Waals surface area (Å²) in [5.74, 6) is -1.82. The smallest absolute Gasteiger partial charge is 0.159 e. The van der Waals surface area contributed by atoms with Crippen LogP contribution in [0.25, 0.3) is 0 Å². The molecule has 2 rings (SSSR count). The molecular formula is C12H15F2NO. The molecule has 4 heteroatoms. The van der Waals surface area contributed by atoms with E-state index >= 15 is 0 Å². The van der Waals surface area contributed by atoms with Crippen molar-refractivity contribution < 1.29 is 13.9 Å². The second kappa shape index (κ2) is 4.11. The molecule has 0 saturated heterocycles. The molecule has 0 heterocycles. The van der Waals surface area contributed by atoms with Gasteiger partial charge in [-0.2, -0.15) is 0 Å². The second-order valence-corrected chi connectivity index (χ2v) is 4.52. The average Bonchev–Trinajstić information content (AvgIpc) is 2.21. The molecule has 2 nitrogen and oxygen atoms in total. The van der Waals surface area contributed by atoms with Crippen LogP contribution in [0.2, 0.25) is 0 Å². The van der Waals surface area contributed by atoms with E-state index in [4.69, 9.17) is 5.73 Å². The van der Waals surface area contributed by atoms with Crippen LogP contribution in [0.5, 0.6) is 0 Å². The number of benzene rings is 1. The first-order valence-corrected chi connectivity index (χ1v) is 5.45. The molecule has 0 spiro atoms. The molecule has 0 aromatic heterocycles. The minimum absolute atomic E-state index is 0.0770. The maximum absolute atomic E-state index is 13.1. The fourth-order valence-corrected chi connectivity index (χ4v) is 2.34. The Morgan fingerprint density at radius 1 is 1.31 bits per heavy atom. The van der Waals surface area contributed by atoms with E-state index in [0.29, 0.717) is 18.4 Å². The predicted molar refractivity (Wildman–Crippen MR) is 56.7 cm³/mol. The van der Waals surface area contributed by atoms with E-state index in [1.165, 1.54) is 6.07 Å². The third-order valence-corrected chi connectivity index (χ3v) is 3.22. The van der Waals surface area contributed by atoms with E-state index in [1.54, 1.807) is 0 Å². The number of nitrogens with two attached hydrogens (primary N) is 1. The molecular weight excluding hydrogens is 212 g/mol. The summed E-state index contributed by atoms with van der Waals surface area (Å²) in [7, 11) is 0. The van der Waals surface area contributed by atoms with Gasteiger partial charge >= 0.3 is 0 Å². The van der Waals surface area contributed by atoms with Crippen LogP contribution >= 0.6 is 0 Å². The van der Waals surface area contributed by atoms with Crippen molar-refractivity contribution in [2.75, 3.05) is 0 Å². The zero-order valence-electron chi connectivity index (χ0n) is 8.92. The Balaban J connectivity index is 2.31. The van der Waals surface area contributed by atoms with Crippen LogP contribution in [0.4, 0.5) is 8.78 Å². The van der Waals surface area contributed by atoms with Crippen LogP contribution in [0.3, 0.4) is 0 Å². The van der Waals surface area contributed by atoms with Crippen LogP contribution < -0.4 is 5.73 Å². The summed E-state index contributed by atoms with van der Waals surface area (Å²) in [5, 5.41) is 10.4. The molecule has 88 valence electrons. The Morgan fingerprint density at radius 3 is 2.69 bits per heavy atom. The fraction of sp³-hybridized carbons (Fsp3) is 0.500. The van der Waals surface area contributed by atoms with E-state index in [1.807, 2.05) is 0 Å². The van der Waals surface area contributed by atoms with Crippen molar-refractivity contribution in [1.82, 2.24) is 0 Å². The van der Waals surface area contributed by atoms with Crippen molar-refractivity contribution in [3.8, 4) is 0 Å². The van der Waals surface area contributed by atoms with Crippen LogP contribution in [0, 0.1) is 11.6 Å². The van der Waals surface area contributed by atoms with E-state index < -0.39 is 17.2 Å². The van der Waals surface area contributed by atoms with Crippen LogP contribution in [0.1, 0.15) is 31.2 Å². The van der Waals surface area contributed by atoms with Crippen LogP contribution in [-0.4, -0.2) is 11.1 Å². The third kappa shape index (κ3) is 2.08. The molecule has 2 atom stereocenters. The van der Waals surface area contributed by atoms with Gasteiger partial charge in [0.15, 0.2) is 11.6 Å². The molecule has 0 aliphatic heterocycles. The molecule has 1 saturated carbocycles. The molecule has 16 heavy (non-hydrogen) atoms. The van der Waals surface area contributed by atoms with Gasteiger partial charge in [0.25, 0.3) is 0 Å². The lowest BCUT2D eigenvalue weighted by Gasteiger charge is -2.35. The summed E-state index contributed by atoms with van der Waals surface area (Å²) in [6.45, 7) is 0. The third-order valence-electron chi connectivity index (χ3n) is 3.22. The van der Waals surface area contributed by atoms with Gasteiger partial charge in [-0.15, -0.1) is 0 Å². The van der Waals surface area contributed by atoms with Gasteiger partial charge in [-0.25, -0.2) is 8.78 Å². The Kier molecular flexibility index (Phi) is 2.95. The molecule has 3 N–H and O–H groups in total. The summed E-state index contributed by atoms with van der Waals surface area (Å²) < 4.78 is 25.9. The Hall–Kier alpha value is -1.00. The second-order valence-electron chi connectivity index (χ2n) is 4.52. The van der Waals surface area contributed by atoms with Crippen molar-refractivity contribution in [1.29, 1.82) is 0 Å². The Morgan fingerprint density at radius 2 is 2.06 bits per heavy atom. The summed E-state index contributed by atoms with van der Waals surface area (Å²) in [5.41, 5.74) is 5.10. The summed E-state index contributed by atoms with van der Waals surface area (Å²) in [4.78, 5) is 0. The quantitative estimate of drug-likeness (QED) is 0.771. The van der Waals surface area contributed by atoms with E-state index in [-0.39, 0.29) is 6.04 Å².